The summed E-state index contributed by atoms with van der Waals surface area (Å²) in [5, 5.41) is 0.773. The van der Waals surface area contributed by atoms with E-state index in [4.69, 9.17) is 4.74 Å². The van der Waals surface area contributed by atoms with Crippen molar-refractivity contribution in [2.45, 2.75) is 11.8 Å². The second-order valence-corrected chi connectivity index (χ2v) is 7.17. The van der Waals surface area contributed by atoms with Crippen molar-refractivity contribution in [2.24, 2.45) is 0 Å². The van der Waals surface area contributed by atoms with Crippen molar-refractivity contribution in [3.63, 3.8) is 0 Å². The summed E-state index contributed by atoms with van der Waals surface area (Å²) in [6.07, 6.45) is 3.23. The number of hydrogen-bond acceptors (Lipinski definition) is 5. The van der Waals surface area contributed by atoms with Gasteiger partial charge in [-0.3, -0.25) is 9.97 Å². The first-order valence-electron chi connectivity index (χ1n) is 7.91. The van der Waals surface area contributed by atoms with Gasteiger partial charge in [0, 0.05) is 17.3 Å². The van der Waals surface area contributed by atoms with Gasteiger partial charge < -0.3 is 4.74 Å². The average molecular weight is 367 g/mol. The molecule has 26 heavy (non-hydrogen) atoms. The lowest BCUT2D eigenvalue weighted by molar-refractivity contribution is 0.368. The highest BCUT2D eigenvalue weighted by Gasteiger charge is 2.17. The van der Waals surface area contributed by atoms with Crippen LogP contribution < -0.4 is 9.46 Å². The maximum absolute atomic E-state index is 12.6. The molecule has 0 bridgehead atoms. The topological polar surface area (TPSA) is 81.2 Å². The summed E-state index contributed by atoms with van der Waals surface area (Å²) in [4.78, 5) is 8.42. The minimum atomic E-state index is -3.71. The maximum Gasteiger partial charge on any atom is 0.243 e. The summed E-state index contributed by atoms with van der Waals surface area (Å²) < 4.78 is 33.0. The van der Waals surface area contributed by atoms with Crippen molar-refractivity contribution in [3.05, 3.63) is 60.6 Å². The fraction of sp³-hybridized carbons (Fsp3) is 0.158. The van der Waals surface area contributed by atoms with Gasteiger partial charge in [0.2, 0.25) is 10.0 Å². The molecule has 0 spiro atoms. The van der Waals surface area contributed by atoms with E-state index in [9.17, 15) is 8.42 Å². The number of fused-ring (bicyclic) bond motifs is 1. The van der Waals surface area contributed by atoms with Gasteiger partial charge in [-0.25, -0.2) is 8.42 Å². The largest absolute Gasteiger partial charge is 0.479 e. The zero-order chi connectivity index (χ0) is 18.4. The molecule has 0 radical (unpaired) electrons. The van der Waals surface area contributed by atoms with Crippen LogP contribution in [0.1, 0.15) is 5.69 Å². The predicted molar refractivity (Wildman–Crippen MR) is 99.2 cm³/mol. The van der Waals surface area contributed by atoms with Gasteiger partial charge in [-0.1, -0.05) is 30.0 Å². The van der Waals surface area contributed by atoms with Gasteiger partial charge in [-0.2, -0.15) is 4.72 Å². The normalized spacial score (nSPS) is 11.0. The van der Waals surface area contributed by atoms with Crippen molar-refractivity contribution in [1.82, 2.24) is 14.7 Å². The van der Waals surface area contributed by atoms with Gasteiger partial charge in [0.25, 0.3) is 0 Å². The highest BCUT2D eigenvalue weighted by Crippen LogP contribution is 2.21. The number of aromatic nitrogens is 2. The zero-order valence-electron chi connectivity index (χ0n) is 14.1. The second-order valence-electron chi connectivity index (χ2n) is 5.44. The van der Waals surface area contributed by atoms with Crippen LogP contribution >= 0.6 is 0 Å². The molecule has 0 unspecified atom stereocenters. The van der Waals surface area contributed by atoms with E-state index >= 15 is 0 Å². The van der Waals surface area contributed by atoms with Crippen LogP contribution in [0, 0.1) is 18.8 Å². The fourth-order valence-electron chi connectivity index (χ4n) is 2.31. The quantitative estimate of drug-likeness (QED) is 0.700. The van der Waals surface area contributed by atoms with E-state index in [1.54, 1.807) is 30.6 Å². The Morgan fingerprint density at radius 2 is 2.00 bits per heavy atom. The number of ether oxygens (including phenoxy) is 1. The number of sulfonamides is 1. The molecule has 0 aliphatic heterocycles. The van der Waals surface area contributed by atoms with E-state index in [1.807, 2.05) is 25.1 Å². The lowest BCUT2D eigenvalue weighted by Gasteiger charge is -2.07. The first-order chi connectivity index (χ1) is 12.6. The van der Waals surface area contributed by atoms with Gasteiger partial charge in [0.05, 0.1) is 18.3 Å². The van der Waals surface area contributed by atoms with E-state index in [-0.39, 0.29) is 18.0 Å². The number of pyridine rings is 2. The summed E-state index contributed by atoms with van der Waals surface area (Å²) in [6, 6.07) is 12.3. The Hall–Kier alpha value is -2.95. The molecular formula is C19H17N3O3S. The van der Waals surface area contributed by atoms with Crippen LogP contribution in [0.3, 0.4) is 0 Å². The van der Waals surface area contributed by atoms with Crippen LogP contribution in [-0.4, -0.2) is 31.5 Å². The molecule has 2 heterocycles. The molecule has 1 aromatic carbocycles. The third-order valence-corrected chi connectivity index (χ3v) is 4.97. The van der Waals surface area contributed by atoms with Gasteiger partial charge in [0.15, 0.2) is 0 Å². The first-order valence-corrected chi connectivity index (χ1v) is 9.39. The third kappa shape index (κ3) is 4.36. The van der Waals surface area contributed by atoms with Gasteiger partial charge in [0.1, 0.15) is 17.3 Å². The number of aryl methyl sites for hydroxylation is 1. The number of nitrogens with zero attached hydrogens (tertiary/aromatic N) is 2. The second kappa shape index (κ2) is 7.95. The summed E-state index contributed by atoms with van der Waals surface area (Å²) >= 11 is 0. The Balaban J connectivity index is 1.65. The Bertz CT molecular complexity index is 1070. The van der Waals surface area contributed by atoms with Crippen LogP contribution in [0.2, 0.25) is 0 Å². The molecule has 3 aromatic rings. The minimum absolute atomic E-state index is 0.0130. The monoisotopic (exact) mass is 367 g/mol. The third-order valence-electron chi connectivity index (χ3n) is 3.53. The lowest BCUT2D eigenvalue weighted by Crippen LogP contribution is -2.24. The molecule has 0 saturated carbocycles. The van der Waals surface area contributed by atoms with Crippen molar-refractivity contribution in [2.75, 3.05) is 13.2 Å². The standard InChI is InChI=1S/C19H17N3O3S/c1-15-9-10-16-6-4-8-18(19(16)22-15)26(23,24)21-12-2-3-13-25-17-7-5-11-20-14-17/h4-11,14,21H,12-13H2,1H3. The van der Waals surface area contributed by atoms with Crippen molar-refractivity contribution in [1.29, 1.82) is 0 Å². The lowest BCUT2D eigenvalue weighted by atomic mass is 10.2. The van der Waals surface area contributed by atoms with Crippen LogP contribution in [0.5, 0.6) is 5.75 Å². The summed E-state index contributed by atoms with van der Waals surface area (Å²) in [6.45, 7) is 1.97. The first kappa shape index (κ1) is 17.9. The Morgan fingerprint density at radius 1 is 1.12 bits per heavy atom. The smallest absolute Gasteiger partial charge is 0.243 e. The Labute approximate surface area is 152 Å². The highest BCUT2D eigenvalue weighted by atomic mass is 32.2. The molecule has 0 fully saturated rings. The molecule has 2 aromatic heterocycles. The molecule has 0 aliphatic carbocycles. The van der Waals surface area contributed by atoms with Crippen molar-refractivity contribution in [3.8, 4) is 17.6 Å². The number of rotatable bonds is 5. The van der Waals surface area contributed by atoms with E-state index in [0.717, 1.165) is 11.1 Å². The van der Waals surface area contributed by atoms with Crippen LogP contribution in [0.4, 0.5) is 0 Å². The Kier molecular flexibility index (Phi) is 5.46. The SMILES string of the molecule is Cc1ccc2cccc(S(=O)(=O)NCC#CCOc3cccnc3)c2n1. The molecule has 0 atom stereocenters. The Morgan fingerprint density at radius 3 is 2.81 bits per heavy atom. The molecule has 6 nitrogen and oxygen atoms in total. The summed E-state index contributed by atoms with van der Waals surface area (Å²) in [5.41, 5.74) is 1.21. The van der Waals surface area contributed by atoms with E-state index < -0.39 is 10.0 Å². The summed E-state index contributed by atoms with van der Waals surface area (Å²) in [7, 11) is -3.71. The molecule has 1 N–H and O–H groups in total. The molecule has 0 amide bonds. The van der Waals surface area contributed by atoms with Gasteiger partial charge >= 0.3 is 0 Å². The molecule has 132 valence electrons. The predicted octanol–water partition coefficient (Wildman–Crippen LogP) is 2.30. The summed E-state index contributed by atoms with van der Waals surface area (Å²) in [5.74, 6) is 6.11. The van der Waals surface area contributed by atoms with Crippen LogP contribution in [0.15, 0.2) is 59.8 Å². The minimum Gasteiger partial charge on any atom is -0.479 e. The molecule has 0 aliphatic rings. The average Bonchev–Trinajstić information content (AvgIpc) is 2.64. The van der Waals surface area contributed by atoms with Crippen LogP contribution in [-0.2, 0) is 10.0 Å². The molecule has 7 heteroatoms. The zero-order valence-corrected chi connectivity index (χ0v) is 15.0. The van der Waals surface area contributed by atoms with E-state index in [1.165, 1.54) is 6.07 Å². The highest BCUT2D eigenvalue weighted by molar-refractivity contribution is 7.89. The van der Waals surface area contributed by atoms with Gasteiger partial charge in [-0.05, 0) is 31.2 Å². The maximum atomic E-state index is 12.6. The van der Waals surface area contributed by atoms with Crippen molar-refractivity contribution < 1.29 is 13.2 Å². The molecule has 3 rings (SSSR count). The number of hydrogen-bond donors (Lipinski definition) is 1. The van der Waals surface area contributed by atoms with E-state index in [0.29, 0.717) is 11.3 Å². The molecule has 0 saturated heterocycles. The number of nitrogens with one attached hydrogen (secondary N) is 1. The van der Waals surface area contributed by atoms with Gasteiger partial charge in [-0.15, -0.1) is 0 Å². The number of para-hydroxylation sites is 1. The number of benzene rings is 1. The fourth-order valence-corrected chi connectivity index (χ4v) is 3.40. The van der Waals surface area contributed by atoms with Crippen molar-refractivity contribution >= 4 is 20.9 Å². The molecular weight excluding hydrogens is 350 g/mol. The van der Waals surface area contributed by atoms with Crippen LogP contribution in [0.25, 0.3) is 10.9 Å². The van der Waals surface area contributed by atoms with E-state index in [2.05, 4.69) is 26.5 Å².